The summed E-state index contributed by atoms with van der Waals surface area (Å²) in [6.45, 7) is 3.81. The second-order valence-electron chi connectivity index (χ2n) is 4.19. The van der Waals surface area contributed by atoms with E-state index in [-0.39, 0.29) is 0 Å². The van der Waals surface area contributed by atoms with Crippen LogP contribution >= 0.6 is 0 Å². The van der Waals surface area contributed by atoms with Crippen molar-refractivity contribution >= 4 is 5.97 Å². The molecular formula is C13H14N2O2. The molecule has 1 heterocycles. The summed E-state index contributed by atoms with van der Waals surface area (Å²) in [5.74, 6) is -0.906. The second kappa shape index (κ2) is 4.05. The molecule has 2 aromatic rings. The van der Waals surface area contributed by atoms with Crippen LogP contribution in [0.4, 0.5) is 0 Å². The summed E-state index contributed by atoms with van der Waals surface area (Å²) < 4.78 is 1.73. The molecule has 1 aromatic heterocycles. The summed E-state index contributed by atoms with van der Waals surface area (Å²) in [5, 5.41) is 13.3. The molecule has 0 fully saturated rings. The fourth-order valence-corrected chi connectivity index (χ4v) is 1.95. The summed E-state index contributed by atoms with van der Waals surface area (Å²) in [6.07, 6.45) is 1.90. The summed E-state index contributed by atoms with van der Waals surface area (Å²) in [6, 6.07) is 5.31. The molecule has 1 aromatic carbocycles. The highest BCUT2D eigenvalue weighted by atomic mass is 16.4. The number of hydrogen-bond donors (Lipinski definition) is 1. The minimum absolute atomic E-state index is 0.309. The largest absolute Gasteiger partial charge is 0.478 e. The summed E-state index contributed by atoms with van der Waals surface area (Å²) in [7, 11) is 1.85. The predicted octanol–water partition coefficient (Wildman–Crippen LogP) is 2.40. The Kier molecular flexibility index (Phi) is 2.71. The van der Waals surface area contributed by atoms with E-state index in [2.05, 4.69) is 5.10 Å². The molecule has 0 saturated carbocycles. The van der Waals surface area contributed by atoms with Crippen molar-refractivity contribution in [3.8, 4) is 11.1 Å². The van der Waals surface area contributed by atoms with Crippen molar-refractivity contribution in [1.82, 2.24) is 9.78 Å². The summed E-state index contributed by atoms with van der Waals surface area (Å²) in [5.41, 5.74) is 4.01. The van der Waals surface area contributed by atoms with Crippen LogP contribution in [0.5, 0.6) is 0 Å². The molecule has 2 rings (SSSR count). The van der Waals surface area contributed by atoms with Crippen LogP contribution in [0.3, 0.4) is 0 Å². The molecule has 0 aliphatic rings. The topological polar surface area (TPSA) is 55.1 Å². The van der Waals surface area contributed by atoms with E-state index in [1.165, 1.54) is 0 Å². The van der Waals surface area contributed by atoms with E-state index in [9.17, 15) is 4.79 Å². The van der Waals surface area contributed by atoms with Crippen LogP contribution in [0.1, 0.15) is 21.6 Å². The maximum absolute atomic E-state index is 11.0. The van der Waals surface area contributed by atoms with Gasteiger partial charge in [0.05, 0.1) is 11.3 Å². The Morgan fingerprint density at radius 1 is 1.29 bits per heavy atom. The third-order valence-electron chi connectivity index (χ3n) is 2.65. The lowest BCUT2D eigenvalue weighted by Crippen LogP contribution is -1.97. The summed E-state index contributed by atoms with van der Waals surface area (Å²) >= 11 is 0. The highest BCUT2D eigenvalue weighted by molar-refractivity contribution is 5.89. The zero-order valence-corrected chi connectivity index (χ0v) is 10.1. The minimum atomic E-state index is -0.906. The van der Waals surface area contributed by atoms with E-state index >= 15 is 0 Å². The van der Waals surface area contributed by atoms with Crippen LogP contribution in [0.2, 0.25) is 0 Å². The molecule has 4 nitrogen and oxygen atoms in total. The fraction of sp³-hybridized carbons (Fsp3) is 0.231. The van der Waals surface area contributed by atoms with Gasteiger partial charge >= 0.3 is 5.97 Å². The smallest absolute Gasteiger partial charge is 0.335 e. The lowest BCUT2D eigenvalue weighted by molar-refractivity contribution is 0.0697. The Bertz CT molecular complexity index is 585. The highest BCUT2D eigenvalue weighted by Crippen LogP contribution is 2.24. The van der Waals surface area contributed by atoms with Gasteiger partial charge in [0, 0.05) is 18.8 Å². The number of benzene rings is 1. The van der Waals surface area contributed by atoms with Crippen LogP contribution in [-0.2, 0) is 7.05 Å². The molecule has 0 unspecified atom stereocenters. The van der Waals surface area contributed by atoms with Gasteiger partial charge in [-0.1, -0.05) is 6.07 Å². The Morgan fingerprint density at radius 3 is 2.53 bits per heavy atom. The number of aromatic carboxylic acids is 1. The molecular weight excluding hydrogens is 216 g/mol. The molecule has 0 atom stereocenters. The van der Waals surface area contributed by atoms with E-state index < -0.39 is 5.97 Å². The monoisotopic (exact) mass is 230 g/mol. The predicted molar refractivity (Wildman–Crippen MR) is 65.1 cm³/mol. The van der Waals surface area contributed by atoms with Gasteiger partial charge in [-0.15, -0.1) is 0 Å². The number of rotatable bonds is 2. The van der Waals surface area contributed by atoms with E-state index in [1.807, 2.05) is 33.2 Å². The standard InChI is InChI=1S/C13H14N2O2/c1-8-4-10(6-11(5-8)13(16)17)12-7-15(3)14-9(12)2/h4-7H,1-3H3,(H,16,17). The Hall–Kier alpha value is -2.10. The molecule has 4 heteroatoms. The normalized spacial score (nSPS) is 10.5. The van der Waals surface area contributed by atoms with Gasteiger partial charge in [-0.05, 0) is 37.1 Å². The first-order chi connectivity index (χ1) is 7.97. The molecule has 0 amide bonds. The molecule has 88 valence electrons. The minimum Gasteiger partial charge on any atom is -0.478 e. The molecule has 0 radical (unpaired) electrons. The van der Waals surface area contributed by atoms with Gasteiger partial charge in [0.25, 0.3) is 0 Å². The van der Waals surface area contributed by atoms with Crippen molar-refractivity contribution < 1.29 is 9.90 Å². The zero-order valence-electron chi connectivity index (χ0n) is 10.1. The zero-order chi connectivity index (χ0) is 12.6. The van der Waals surface area contributed by atoms with Gasteiger partial charge in [0.2, 0.25) is 0 Å². The van der Waals surface area contributed by atoms with Crippen LogP contribution in [0.15, 0.2) is 24.4 Å². The van der Waals surface area contributed by atoms with Gasteiger partial charge < -0.3 is 5.11 Å². The number of carbonyl (C=O) groups is 1. The van der Waals surface area contributed by atoms with Crippen LogP contribution < -0.4 is 0 Å². The van der Waals surface area contributed by atoms with E-state index in [4.69, 9.17) is 5.11 Å². The Morgan fingerprint density at radius 2 is 2.00 bits per heavy atom. The molecule has 1 N–H and O–H groups in total. The van der Waals surface area contributed by atoms with Crippen molar-refractivity contribution in [3.05, 3.63) is 41.2 Å². The van der Waals surface area contributed by atoms with Crippen molar-refractivity contribution in [2.24, 2.45) is 7.05 Å². The number of carboxylic acids is 1. The Labute approximate surface area is 99.5 Å². The average Bonchev–Trinajstić information content (AvgIpc) is 2.57. The van der Waals surface area contributed by atoms with E-state index in [1.54, 1.807) is 16.8 Å². The van der Waals surface area contributed by atoms with Crippen LogP contribution in [-0.4, -0.2) is 20.9 Å². The van der Waals surface area contributed by atoms with Crippen molar-refractivity contribution in [3.63, 3.8) is 0 Å². The molecule has 0 saturated heterocycles. The maximum atomic E-state index is 11.0. The Balaban J connectivity index is 2.59. The van der Waals surface area contributed by atoms with Gasteiger partial charge in [0.15, 0.2) is 0 Å². The van der Waals surface area contributed by atoms with Gasteiger partial charge in [-0.2, -0.15) is 5.10 Å². The van der Waals surface area contributed by atoms with E-state index in [0.29, 0.717) is 5.56 Å². The maximum Gasteiger partial charge on any atom is 0.335 e. The van der Waals surface area contributed by atoms with Crippen molar-refractivity contribution in [2.75, 3.05) is 0 Å². The quantitative estimate of drug-likeness (QED) is 0.861. The lowest BCUT2D eigenvalue weighted by Gasteiger charge is -2.03. The van der Waals surface area contributed by atoms with Crippen molar-refractivity contribution in [2.45, 2.75) is 13.8 Å². The van der Waals surface area contributed by atoms with Crippen LogP contribution in [0, 0.1) is 13.8 Å². The molecule has 0 aliphatic heterocycles. The summed E-state index contributed by atoms with van der Waals surface area (Å²) in [4.78, 5) is 11.0. The first kappa shape index (κ1) is 11.4. The molecule has 0 aliphatic carbocycles. The first-order valence-corrected chi connectivity index (χ1v) is 5.33. The number of aryl methyl sites for hydroxylation is 3. The second-order valence-corrected chi connectivity index (χ2v) is 4.19. The number of hydrogen-bond acceptors (Lipinski definition) is 2. The van der Waals surface area contributed by atoms with Crippen LogP contribution in [0.25, 0.3) is 11.1 Å². The molecule has 0 spiro atoms. The third kappa shape index (κ3) is 2.20. The number of carboxylic acid groups (broad SMARTS) is 1. The molecule has 17 heavy (non-hydrogen) atoms. The highest BCUT2D eigenvalue weighted by Gasteiger charge is 2.10. The number of nitrogens with zero attached hydrogens (tertiary/aromatic N) is 2. The van der Waals surface area contributed by atoms with Gasteiger partial charge in [0.1, 0.15) is 0 Å². The number of aromatic nitrogens is 2. The SMILES string of the molecule is Cc1cc(C(=O)O)cc(-c2cn(C)nc2C)c1. The van der Waals surface area contributed by atoms with Gasteiger partial charge in [-0.25, -0.2) is 4.79 Å². The van der Waals surface area contributed by atoms with Gasteiger partial charge in [-0.3, -0.25) is 4.68 Å². The van der Waals surface area contributed by atoms with E-state index in [0.717, 1.165) is 22.4 Å². The average molecular weight is 230 g/mol. The molecule has 0 bridgehead atoms. The third-order valence-corrected chi connectivity index (χ3v) is 2.65. The first-order valence-electron chi connectivity index (χ1n) is 5.33. The fourth-order valence-electron chi connectivity index (χ4n) is 1.95. The lowest BCUT2D eigenvalue weighted by atomic mass is 10.0. The van der Waals surface area contributed by atoms with Crippen molar-refractivity contribution in [1.29, 1.82) is 0 Å².